The molecular formula is C19H18ClNO5S. The van der Waals surface area contributed by atoms with E-state index in [0.29, 0.717) is 16.5 Å². The Morgan fingerprint density at radius 2 is 1.78 bits per heavy atom. The summed E-state index contributed by atoms with van der Waals surface area (Å²) >= 11 is 7.45. The number of methoxy groups -OCH3 is 1. The van der Waals surface area contributed by atoms with Gasteiger partial charge in [0.2, 0.25) is 0 Å². The van der Waals surface area contributed by atoms with E-state index in [1.54, 1.807) is 24.3 Å². The SMILES string of the molecule is COc1ccccc1C(=O)NC(=O)COC(=O)CCSc1ccccc1Cl. The Labute approximate surface area is 166 Å². The topological polar surface area (TPSA) is 81.7 Å². The molecule has 0 aliphatic carbocycles. The van der Waals surface area contributed by atoms with E-state index in [1.807, 2.05) is 18.2 Å². The van der Waals surface area contributed by atoms with Crippen molar-refractivity contribution >= 4 is 41.1 Å². The van der Waals surface area contributed by atoms with Gasteiger partial charge < -0.3 is 9.47 Å². The number of amides is 2. The zero-order valence-corrected chi connectivity index (χ0v) is 16.1. The van der Waals surface area contributed by atoms with Crippen molar-refractivity contribution in [2.45, 2.75) is 11.3 Å². The maximum Gasteiger partial charge on any atom is 0.307 e. The molecule has 0 saturated carbocycles. The molecule has 0 saturated heterocycles. The van der Waals surface area contributed by atoms with E-state index in [-0.39, 0.29) is 12.0 Å². The lowest BCUT2D eigenvalue weighted by molar-refractivity contribution is -0.147. The predicted molar refractivity (Wildman–Crippen MR) is 103 cm³/mol. The standard InChI is InChI=1S/C19H18ClNO5S/c1-25-15-8-4-2-6-13(15)19(24)21-17(22)12-26-18(23)10-11-27-16-9-5-3-7-14(16)20/h2-9H,10-12H2,1H3,(H,21,22,24). The third-order valence-electron chi connectivity index (χ3n) is 3.37. The number of carbonyl (C=O) groups excluding carboxylic acids is 3. The molecule has 6 nitrogen and oxygen atoms in total. The zero-order valence-electron chi connectivity index (χ0n) is 14.6. The Hall–Kier alpha value is -2.51. The van der Waals surface area contributed by atoms with Crippen LogP contribution in [0.4, 0.5) is 0 Å². The molecule has 2 rings (SSSR count). The lowest BCUT2D eigenvalue weighted by Crippen LogP contribution is -2.34. The van der Waals surface area contributed by atoms with E-state index in [2.05, 4.69) is 5.32 Å². The molecule has 0 unspecified atom stereocenters. The van der Waals surface area contributed by atoms with Crippen molar-refractivity contribution < 1.29 is 23.9 Å². The Bertz CT molecular complexity index is 827. The average Bonchev–Trinajstić information content (AvgIpc) is 2.67. The van der Waals surface area contributed by atoms with Gasteiger partial charge in [0.05, 0.1) is 24.1 Å². The van der Waals surface area contributed by atoms with Crippen LogP contribution in [0, 0.1) is 0 Å². The fourth-order valence-electron chi connectivity index (χ4n) is 2.09. The number of hydrogen-bond acceptors (Lipinski definition) is 6. The lowest BCUT2D eigenvalue weighted by Gasteiger charge is -2.09. The van der Waals surface area contributed by atoms with Crippen LogP contribution in [0.3, 0.4) is 0 Å². The highest BCUT2D eigenvalue weighted by Gasteiger charge is 2.16. The summed E-state index contributed by atoms with van der Waals surface area (Å²) in [5, 5.41) is 2.77. The molecule has 8 heteroatoms. The van der Waals surface area contributed by atoms with E-state index in [9.17, 15) is 14.4 Å². The van der Waals surface area contributed by atoms with E-state index in [4.69, 9.17) is 21.1 Å². The molecule has 0 radical (unpaired) electrons. The summed E-state index contributed by atoms with van der Waals surface area (Å²) in [6.07, 6.45) is 0.115. The van der Waals surface area contributed by atoms with Gasteiger partial charge in [0.25, 0.3) is 11.8 Å². The number of halogens is 1. The molecule has 0 aromatic heterocycles. The molecule has 0 aliphatic rings. The van der Waals surface area contributed by atoms with Crippen LogP contribution in [-0.4, -0.2) is 37.3 Å². The van der Waals surface area contributed by atoms with Crippen LogP contribution in [0.15, 0.2) is 53.4 Å². The van der Waals surface area contributed by atoms with Crippen LogP contribution in [0.5, 0.6) is 5.75 Å². The molecule has 0 fully saturated rings. The smallest absolute Gasteiger partial charge is 0.307 e. The van der Waals surface area contributed by atoms with E-state index in [0.717, 1.165) is 4.90 Å². The van der Waals surface area contributed by atoms with Crippen LogP contribution >= 0.6 is 23.4 Å². The van der Waals surface area contributed by atoms with Gasteiger partial charge in [-0.25, -0.2) is 0 Å². The van der Waals surface area contributed by atoms with E-state index >= 15 is 0 Å². The summed E-state index contributed by atoms with van der Waals surface area (Å²) in [6.45, 7) is -0.531. The van der Waals surface area contributed by atoms with Crippen molar-refractivity contribution in [3.05, 3.63) is 59.1 Å². The lowest BCUT2D eigenvalue weighted by atomic mass is 10.2. The quantitative estimate of drug-likeness (QED) is 0.534. The Balaban J connectivity index is 1.72. The first-order valence-corrected chi connectivity index (χ1v) is 9.37. The van der Waals surface area contributed by atoms with Gasteiger partial charge in [0, 0.05) is 10.6 Å². The highest BCUT2D eigenvalue weighted by Crippen LogP contribution is 2.26. The molecule has 0 spiro atoms. The van der Waals surface area contributed by atoms with Crippen LogP contribution in [-0.2, 0) is 14.3 Å². The summed E-state index contributed by atoms with van der Waals surface area (Å²) < 4.78 is 9.95. The van der Waals surface area contributed by atoms with Crippen molar-refractivity contribution in [2.75, 3.05) is 19.5 Å². The highest BCUT2D eigenvalue weighted by molar-refractivity contribution is 7.99. The molecule has 1 N–H and O–H groups in total. The molecule has 0 bridgehead atoms. The number of imide groups is 1. The van der Waals surface area contributed by atoms with Crippen LogP contribution in [0.2, 0.25) is 5.02 Å². The third-order valence-corrected chi connectivity index (χ3v) is 4.89. The van der Waals surface area contributed by atoms with Crippen molar-refractivity contribution in [1.82, 2.24) is 5.32 Å². The second-order valence-electron chi connectivity index (χ2n) is 5.27. The summed E-state index contributed by atoms with van der Waals surface area (Å²) in [6, 6.07) is 13.8. The van der Waals surface area contributed by atoms with Crippen molar-refractivity contribution in [3.8, 4) is 5.75 Å². The van der Waals surface area contributed by atoms with Crippen LogP contribution in [0.25, 0.3) is 0 Å². The number of carbonyl (C=O) groups is 3. The molecule has 2 aromatic carbocycles. The number of esters is 1. The number of ether oxygens (including phenoxy) is 2. The molecule has 0 atom stereocenters. The van der Waals surface area contributed by atoms with Crippen molar-refractivity contribution in [3.63, 3.8) is 0 Å². The fraction of sp³-hybridized carbons (Fsp3) is 0.211. The Morgan fingerprint density at radius 3 is 2.52 bits per heavy atom. The van der Waals surface area contributed by atoms with Crippen LogP contribution < -0.4 is 10.1 Å². The summed E-state index contributed by atoms with van der Waals surface area (Å²) in [5.41, 5.74) is 0.218. The second-order valence-corrected chi connectivity index (χ2v) is 6.81. The van der Waals surface area contributed by atoms with Gasteiger partial charge >= 0.3 is 5.97 Å². The van der Waals surface area contributed by atoms with E-state index < -0.39 is 24.4 Å². The summed E-state index contributed by atoms with van der Waals surface area (Å²) in [4.78, 5) is 36.5. The van der Waals surface area contributed by atoms with Crippen LogP contribution in [0.1, 0.15) is 16.8 Å². The number of benzene rings is 2. The Morgan fingerprint density at radius 1 is 1.07 bits per heavy atom. The van der Waals surface area contributed by atoms with Gasteiger partial charge in [-0.05, 0) is 24.3 Å². The van der Waals surface area contributed by atoms with Gasteiger partial charge in [-0.2, -0.15) is 0 Å². The van der Waals surface area contributed by atoms with Gasteiger partial charge in [-0.3, -0.25) is 19.7 Å². The maximum absolute atomic E-state index is 12.1. The van der Waals surface area contributed by atoms with Gasteiger partial charge in [0.15, 0.2) is 6.61 Å². The summed E-state index contributed by atoms with van der Waals surface area (Å²) in [5.74, 6) is -1.06. The number of thioether (sulfide) groups is 1. The molecule has 142 valence electrons. The largest absolute Gasteiger partial charge is 0.496 e. The molecule has 0 heterocycles. The molecular weight excluding hydrogens is 390 g/mol. The number of rotatable bonds is 8. The second kappa shape index (κ2) is 10.6. The molecule has 2 amide bonds. The first-order chi connectivity index (χ1) is 13.0. The van der Waals surface area contributed by atoms with Gasteiger partial charge in [-0.15, -0.1) is 11.8 Å². The van der Waals surface area contributed by atoms with Crippen molar-refractivity contribution in [2.24, 2.45) is 0 Å². The fourth-order valence-corrected chi connectivity index (χ4v) is 3.26. The maximum atomic E-state index is 12.1. The first-order valence-electron chi connectivity index (χ1n) is 8.01. The predicted octanol–water partition coefficient (Wildman–Crippen LogP) is 3.33. The zero-order chi connectivity index (χ0) is 19.6. The minimum Gasteiger partial charge on any atom is -0.496 e. The van der Waals surface area contributed by atoms with Gasteiger partial charge in [-0.1, -0.05) is 35.9 Å². The average molecular weight is 408 g/mol. The normalized spacial score (nSPS) is 10.1. The minimum absolute atomic E-state index is 0.115. The van der Waals surface area contributed by atoms with E-state index in [1.165, 1.54) is 24.9 Å². The number of para-hydroxylation sites is 1. The van der Waals surface area contributed by atoms with Crippen molar-refractivity contribution in [1.29, 1.82) is 0 Å². The Kier molecular flexibility index (Phi) is 8.16. The molecule has 0 aliphatic heterocycles. The number of nitrogens with one attached hydrogen (secondary N) is 1. The summed E-state index contributed by atoms with van der Waals surface area (Å²) in [7, 11) is 1.43. The molecule has 2 aromatic rings. The first kappa shape index (κ1) is 20.8. The minimum atomic E-state index is -0.710. The number of hydrogen-bond donors (Lipinski definition) is 1. The monoisotopic (exact) mass is 407 g/mol. The molecule has 27 heavy (non-hydrogen) atoms. The van der Waals surface area contributed by atoms with Gasteiger partial charge in [0.1, 0.15) is 5.75 Å². The third kappa shape index (κ3) is 6.62. The highest BCUT2D eigenvalue weighted by atomic mass is 35.5.